The van der Waals surface area contributed by atoms with E-state index in [0.717, 1.165) is 15.8 Å². The third-order valence-electron chi connectivity index (χ3n) is 1.62. The monoisotopic (exact) mass is 271 g/mol. The van der Waals surface area contributed by atoms with Crippen LogP contribution in [-0.2, 0) is 0 Å². The molecule has 0 N–H and O–H groups in total. The Balaban J connectivity index is 3.10. The van der Waals surface area contributed by atoms with Crippen LogP contribution in [-0.4, -0.2) is 7.11 Å². The highest BCUT2D eigenvalue weighted by atomic mass is 79.9. The van der Waals surface area contributed by atoms with Gasteiger partial charge in [0.05, 0.1) is 22.7 Å². The fraction of sp³-hybridized carbons (Fsp3) is 0.100. The van der Waals surface area contributed by atoms with Gasteiger partial charge in [-0.2, -0.15) is 5.26 Å². The summed E-state index contributed by atoms with van der Waals surface area (Å²) in [5, 5.41) is 8.83. The Bertz CT molecular complexity index is 409. The van der Waals surface area contributed by atoms with Crippen molar-refractivity contribution in [3.8, 4) is 11.8 Å². The number of rotatable bonds is 2. The summed E-state index contributed by atoms with van der Waals surface area (Å²) in [5.41, 5.74) is 0.779. The molecule has 14 heavy (non-hydrogen) atoms. The summed E-state index contributed by atoms with van der Waals surface area (Å²) in [4.78, 5) is 0. The molecule has 0 aromatic heterocycles. The molecule has 0 unspecified atom stereocenters. The summed E-state index contributed by atoms with van der Waals surface area (Å²) in [7, 11) is 1.59. The summed E-state index contributed by atoms with van der Waals surface area (Å²) in [6, 6.07) is 7.25. The molecule has 0 atom stereocenters. The van der Waals surface area contributed by atoms with Crippen molar-refractivity contribution in [1.82, 2.24) is 0 Å². The van der Waals surface area contributed by atoms with E-state index in [0.29, 0.717) is 5.03 Å². The number of halogens is 2. The number of methoxy groups -OCH3 is 1. The molecule has 1 rings (SSSR count). The quantitative estimate of drug-likeness (QED) is 0.771. The average molecular weight is 273 g/mol. The first-order valence-electron chi connectivity index (χ1n) is 3.78. The van der Waals surface area contributed by atoms with E-state index in [9.17, 15) is 0 Å². The zero-order chi connectivity index (χ0) is 10.6. The lowest BCUT2D eigenvalue weighted by Gasteiger charge is -2.04. The lowest BCUT2D eigenvalue weighted by molar-refractivity contribution is 0.412. The Hall–Kier alpha value is -0.980. The minimum absolute atomic E-state index is 0.413. The highest BCUT2D eigenvalue weighted by molar-refractivity contribution is 9.10. The van der Waals surface area contributed by atoms with Gasteiger partial charge in [0.15, 0.2) is 0 Å². The van der Waals surface area contributed by atoms with Crippen LogP contribution in [0.1, 0.15) is 5.56 Å². The Morgan fingerprint density at radius 2 is 2.36 bits per heavy atom. The Kier molecular flexibility index (Phi) is 3.99. The van der Waals surface area contributed by atoms with Gasteiger partial charge in [-0.05, 0) is 39.7 Å². The second kappa shape index (κ2) is 5.04. The second-order valence-corrected chi connectivity index (χ2v) is 3.73. The van der Waals surface area contributed by atoms with Crippen LogP contribution in [0.15, 0.2) is 28.7 Å². The van der Waals surface area contributed by atoms with E-state index >= 15 is 0 Å². The van der Waals surface area contributed by atoms with Crippen molar-refractivity contribution in [3.05, 3.63) is 34.3 Å². The van der Waals surface area contributed by atoms with Crippen LogP contribution in [0.5, 0.6) is 5.75 Å². The van der Waals surface area contributed by atoms with Gasteiger partial charge in [-0.3, -0.25) is 0 Å². The fourth-order valence-electron chi connectivity index (χ4n) is 0.955. The van der Waals surface area contributed by atoms with E-state index in [-0.39, 0.29) is 0 Å². The van der Waals surface area contributed by atoms with E-state index < -0.39 is 0 Å². The van der Waals surface area contributed by atoms with Gasteiger partial charge in [0.25, 0.3) is 0 Å². The number of nitrogens with zero attached hydrogens (tertiary/aromatic N) is 1. The fourth-order valence-corrected chi connectivity index (χ4v) is 1.66. The zero-order valence-electron chi connectivity index (χ0n) is 7.42. The number of benzene rings is 1. The largest absolute Gasteiger partial charge is 0.496 e. The molecule has 4 heteroatoms. The van der Waals surface area contributed by atoms with Crippen molar-refractivity contribution >= 4 is 32.6 Å². The number of hydrogen-bond donors (Lipinski definition) is 0. The predicted molar refractivity (Wildman–Crippen MR) is 60.1 cm³/mol. The van der Waals surface area contributed by atoms with Gasteiger partial charge in [-0.15, -0.1) is 0 Å². The first-order chi connectivity index (χ1) is 6.69. The molecule has 0 fully saturated rings. The van der Waals surface area contributed by atoms with Gasteiger partial charge in [-0.1, -0.05) is 11.6 Å². The minimum atomic E-state index is 0.413. The second-order valence-electron chi connectivity index (χ2n) is 2.47. The molecule has 2 nitrogen and oxygen atoms in total. The summed E-state index contributed by atoms with van der Waals surface area (Å²) >= 11 is 9.18. The highest BCUT2D eigenvalue weighted by Crippen LogP contribution is 2.29. The van der Waals surface area contributed by atoms with Gasteiger partial charge >= 0.3 is 0 Å². The standard InChI is InChI=1S/C10H7BrClNO/c1-14-10-3-2-7(6-8(10)11)9(12)4-5-13/h2-4,6H,1H3/b9-4-. The smallest absolute Gasteiger partial charge is 0.133 e. The molecule has 0 bridgehead atoms. The first-order valence-corrected chi connectivity index (χ1v) is 4.95. The van der Waals surface area contributed by atoms with Crippen molar-refractivity contribution < 1.29 is 4.74 Å². The summed E-state index contributed by atoms with van der Waals surface area (Å²) in [6.45, 7) is 0. The number of nitriles is 1. The van der Waals surface area contributed by atoms with Gasteiger partial charge in [0.1, 0.15) is 5.75 Å². The lowest BCUT2D eigenvalue weighted by Crippen LogP contribution is -1.85. The molecular formula is C10H7BrClNO. The van der Waals surface area contributed by atoms with Crippen LogP contribution < -0.4 is 4.74 Å². The molecule has 1 aromatic rings. The van der Waals surface area contributed by atoms with Gasteiger partial charge in [0.2, 0.25) is 0 Å². The maximum absolute atomic E-state index is 8.42. The maximum atomic E-state index is 8.42. The zero-order valence-corrected chi connectivity index (χ0v) is 9.76. The molecule has 0 saturated carbocycles. The lowest BCUT2D eigenvalue weighted by atomic mass is 10.2. The highest BCUT2D eigenvalue weighted by Gasteiger charge is 2.03. The van der Waals surface area contributed by atoms with Crippen LogP contribution >= 0.6 is 27.5 Å². The third-order valence-corrected chi connectivity index (χ3v) is 2.57. The number of hydrogen-bond acceptors (Lipinski definition) is 2. The van der Waals surface area contributed by atoms with Gasteiger partial charge < -0.3 is 4.74 Å². The van der Waals surface area contributed by atoms with Crippen LogP contribution in [0.25, 0.3) is 5.03 Å². The van der Waals surface area contributed by atoms with Crippen molar-refractivity contribution in [2.75, 3.05) is 7.11 Å². The van der Waals surface area contributed by atoms with Gasteiger partial charge in [0, 0.05) is 6.08 Å². The number of allylic oxidation sites excluding steroid dienone is 1. The Labute approximate surface area is 95.9 Å². The molecule has 0 saturated heterocycles. The molecule has 72 valence electrons. The molecule has 0 radical (unpaired) electrons. The molecular weight excluding hydrogens is 265 g/mol. The third kappa shape index (κ3) is 2.50. The average Bonchev–Trinajstić information content (AvgIpc) is 2.18. The van der Waals surface area contributed by atoms with Crippen LogP contribution in [0.4, 0.5) is 0 Å². The number of ether oxygens (including phenoxy) is 1. The maximum Gasteiger partial charge on any atom is 0.133 e. The molecule has 0 aliphatic heterocycles. The Morgan fingerprint density at radius 1 is 1.64 bits per heavy atom. The van der Waals surface area contributed by atoms with Crippen LogP contribution in [0.2, 0.25) is 0 Å². The minimum Gasteiger partial charge on any atom is -0.496 e. The Morgan fingerprint density at radius 3 is 2.86 bits per heavy atom. The van der Waals surface area contributed by atoms with Crippen LogP contribution in [0, 0.1) is 11.3 Å². The van der Waals surface area contributed by atoms with Crippen molar-refractivity contribution in [1.29, 1.82) is 5.26 Å². The molecule has 1 aromatic carbocycles. The SMILES string of the molecule is COc1ccc(/C(Cl)=C/C#N)cc1Br. The molecule has 0 aliphatic rings. The topological polar surface area (TPSA) is 33.0 Å². The van der Waals surface area contributed by atoms with E-state index in [1.54, 1.807) is 25.3 Å². The molecule has 0 aliphatic carbocycles. The van der Waals surface area contributed by atoms with Crippen molar-refractivity contribution in [2.24, 2.45) is 0 Å². The van der Waals surface area contributed by atoms with E-state index in [1.165, 1.54) is 6.08 Å². The first kappa shape index (κ1) is 11.1. The van der Waals surface area contributed by atoms with Crippen LogP contribution in [0.3, 0.4) is 0 Å². The van der Waals surface area contributed by atoms with E-state index in [4.69, 9.17) is 21.6 Å². The predicted octanol–water partition coefficient (Wildman–Crippen LogP) is 3.56. The van der Waals surface area contributed by atoms with Crippen molar-refractivity contribution in [3.63, 3.8) is 0 Å². The summed E-state index contributed by atoms with van der Waals surface area (Å²) in [6.07, 6.45) is 1.29. The van der Waals surface area contributed by atoms with Crippen molar-refractivity contribution in [2.45, 2.75) is 0 Å². The van der Waals surface area contributed by atoms with Gasteiger partial charge in [-0.25, -0.2) is 0 Å². The normalized spacial score (nSPS) is 10.9. The molecule has 0 spiro atoms. The van der Waals surface area contributed by atoms with E-state index in [2.05, 4.69) is 15.9 Å². The summed E-state index contributed by atoms with van der Waals surface area (Å²) in [5.74, 6) is 0.732. The molecule has 0 heterocycles. The molecule has 0 amide bonds. The summed E-state index contributed by atoms with van der Waals surface area (Å²) < 4.78 is 5.87. The van der Waals surface area contributed by atoms with E-state index in [1.807, 2.05) is 6.07 Å².